The zero-order valence-corrected chi connectivity index (χ0v) is 15.1. The maximum atomic E-state index is 13.7. The zero-order chi connectivity index (χ0) is 22.1. The summed E-state index contributed by atoms with van der Waals surface area (Å²) in [5, 5.41) is 12.9. The van der Waals surface area contributed by atoms with Gasteiger partial charge in [0, 0.05) is 11.8 Å². The maximum absolute atomic E-state index is 13.7. The number of carbonyl (C=O) groups is 2. The monoisotopic (exact) mass is 424 g/mol. The molecule has 0 aliphatic rings. The van der Waals surface area contributed by atoms with Gasteiger partial charge in [-0.15, -0.1) is 10.2 Å². The highest BCUT2D eigenvalue weighted by Gasteiger charge is 2.41. The number of hydrogen-bond donors (Lipinski definition) is 2. The van der Waals surface area contributed by atoms with E-state index in [-0.39, 0.29) is 17.4 Å². The van der Waals surface area contributed by atoms with Crippen molar-refractivity contribution < 1.29 is 31.9 Å². The highest BCUT2D eigenvalue weighted by molar-refractivity contribution is 6.05. The maximum Gasteiger partial charge on any atom is 0.434 e. The van der Waals surface area contributed by atoms with Crippen LogP contribution < -0.4 is 15.8 Å². The minimum atomic E-state index is -4.98. The summed E-state index contributed by atoms with van der Waals surface area (Å²) in [7, 11) is 1.31. The van der Waals surface area contributed by atoms with Crippen molar-refractivity contribution in [3.63, 3.8) is 0 Å². The lowest BCUT2D eigenvalue weighted by molar-refractivity contribution is -0.143. The highest BCUT2D eigenvalue weighted by Crippen LogP contribution is 2.33. The lowest BCUT2D eigenvalue weighted by Gasteiger charge is -2.12. The van der Waals surface area contributed by atoms with Gasteiger partial charge in [-0.3, -0.25) is 9.59 Å². The van der Waals surface area contributed by atoms with E-state index in [2.05, 4.69) is 20.6 Å². The molecule has 0 aliphatic carbocycles. The quantitative estimate of drug-likeness (QED) is 0.605. The third kappa shape index (κ3) is 4.04. The van der Waals surface area contributed by atoms with E-state index >= 15 is 0 Å². The SMILES string of the molecule is COc1ccc(-n2ncc(C(=O)Nc3ccc(F)c(C(N)=O)c3)c2C(F)(F)F)nn1. The van der Waals surface area contributed by atoms with Gasteiger partial charge in [-0.2, -0.15) is 18.3 Å². The molecular weight excluding hydrogens is 412 g/mol. The van der Waals surface area contributed by atoms with Gasteiger partial charge in [0.2, 0.25) is 5.88 Å². The Hall–Kier alpha value is -4.03. The topological polar surface area (TPSA) is 125 Å². The van der Waals surface area contributed by atoms with Gasteiger partial charge in [-0.25, -0.2) is 9.07 Å². The molecule has 0 unspecified atom stereocenters. The number of aromatic nitrogens is 4. The van der Waals surface area contributed by atoms with Crippen LogP contribution in [0.4, 0.5) is 23.2 Å². The Kier molecular flexibility index (Phi) is 5.36. The molecule has 0 aliphatic heterocycles. The van der Waals surface area contributed by atoms with E-state index in [0.717, 1.165) is 18.2 Å². The second-order valence-electron chi connectivity index (χ2n) is 5.76. The first-order valence-electron chi connectivity index (χ1n) is 8.06. The second kappa shape index (κ2) is 7.77. The van der Waals surface area contributed by atoms with Crippen LogP contribution in [0.5, 0.6) is 5.88 Å². The lowest BCUT2D eigenvalue weighted by Crippen LogP contribution is -2.21. The number of methoxy groups -OCH3 is 1. The molecule has 0 saturated carbocycles. The largest absolute Gasteiger partial charge is 0.480 e. The summed E-state index contributed by atoms with van der Waals surface area (Å²) in [6.45, 7) is 0. The average Bonchev–Trinajstić information content (AvgIpc) is 3.15. The van der Waals surface area contributed by atoms with Crippen molar-refractivity contribution in [1.82, 2.24) is 20.0 Å². The van der Waals surface area contributed by atoms with Gasteiger partial charge in [0.15, 0.2) is 11.5 Å². The van der Waals surface area contributed by atoms with E-state index in [4.69, 9.17) is 10.5 Å². The fourth-order valence-corrected chi connectivity index (χ4v) is 2.49. The fourth-order valence-electron chi connectivity index (χ4n) is 2.49. The Bertz CT molecular complexity index is 1110. The van der Waals surface area contributed by atoms with Crippen molar-refractivity contribution in [2.45, 2.75) is 6.18 Å². The van der Waals surface area contributed by atoms with Crippen LogP contribution in [0.3, 0.4) is 0 Å². The molecule has 3 rings (SSSR count). The van der Waals surface area contributed by atoms with Gasteiger partial charge in [0.25, 0.3) is 11.8 Å². The summed E-state index contributed by atoms with van der Waals surface area (Å²) in [5.41, 5.74) is 2.11. The summed E-state index contributed by atoms with van der Waals surface area (Å²) in [5.74, 6) is -3.48. The van der Waals surface area contributed by atoms with Crippen molar-refractivity contribution in [2.75, 3.05) is 12.4 Å². The molecule has 0 atom stereocenters. The van der Waals surface area contributed by atoms with Crippen molar-refractivity contribution >= 4 is 17.5 Å². The Balaban J connectivity index is 1.99. The van der Waals surface area contributed by atoms with Crippen molar-refractivity contribution in [3.05, 3.63) is 59.2 Å². The molecule has 0 fully saturated rings. The molecule has 0 radical (unpaired) electrons. The Morgan fingerprint density at radius 3 is 2.43 bits per heavy atom. The summed E-state index contributed by atoms with van der Waals surface area (Å²) in [6, 6.07) is 5.26. The molecule has 0 spiro atoms. The number of nitrogens with zero attached hydrogens (tertiary/aromatic N) is 4. The van der Waals surface area contributed by atoms with Gasteiger partial charge >= 0.3 is 6.18 Å². The number of nitrogens with two attached hydrogens (primary N) is 1. The summed E-state index contributed by atoms with van der Waals surface area (Å²) >= 11 is 0. The van der Waals surface area contributed by atoms with Crippen LogP contribution in [0.2, 0.25) is 0 Å². The van der Waals surface area contributed by atoms with Gasteiger partial charge in [0.05, 0.1) is 24.4 Å². The van der Waals surface area contributed by atoms with E-state index in [1.54, 1.807) is 0 Å². The molecule has 0 saturated heterocycles. The Morgan fingerprint density at radius 2 is 1.87 bits per heavy atom. The average molecular weight is 424 g/mol. The van der Waals surface area contributed by atoms with Crippen molar-refractivity contribution in [1.29, 1.82) is 0 Å². The number of rotatable bonds is 5. The number of nitrogens with one attached hydrogen (secondary N) is 1. The van der Waals surface area contributed by atoms with Crippen molar-refractivity contribution in [2.24, 2.45) is 5.73 Å². The number of primary amides is 1. The van der Waals surface area contributed by atoms with Gasteiger partial charge < -0.3 is 15.8 Å². The van der Waals surface area contributed by atoms with Gasteiger partial charge in [-0.05, 0) is 24.3 Å². The third-order valence-electron chi connectivity index (χ3n) is 3.82. The van der Waals surface area contributed by atoms with Crippen LogP contribution in [0.15, 0.2) is 36.5 Å². The highest BCUT2D eigenvalue weighted by atomic mass is 19.4. The number of benzene rings is 1. The smallest absolute Gasteiger partial charge is 0.434 e. The molecule has 1 aromatic carbocycles. The molecule has 3 N–H and O–H groups in total. The minimum absolute atomic E-state index is 0.0685. The van der Waals surface area contributed by atoms with Crippen LogP contribution in [0, 0.1) is 5.82 Å². The summed E-state index contributed by atoms with van der Waals surface area (Å²) in [6.07, 6.45) is -4.28. The molecule has 0 bridgehead atoms. The number of carbonyl (C=O) groups excluding carboxylic acids is 2. The normalized spacial score (nSPS) is 11.2. The number of halogens is 4. The van der Waals surface area contributed by atoms with E-state index < -0.39 is 40.6 Å². The molecular formula is C17H12F4N6O3. The summed E-state index contributed by atoms with van der Waals surface area (Å²) in [4.78, 5) is 23.7. The minimum Gasteiger partial charge on any atom is -0.480 e. The van der Waals surface area contributed by atoms with E-state index in [9.17, 15) is 27.2 Å². The predicted octanol–water partition coefficient (Wildman–Crippen LogP) is 2.18. The number of hydrogen-bond acceptors (Lipinski definition) is 6. The number of ether oxygens (including phenoxy) is 1. The van der Waals surface area contributed by atoms with Crippen LogP contribution in [0.25, 0.3) is 5.82 Å². The first-order chi connectivity index (χ1) is 14.1. The van der Waals surface area contributed by atoms with Crippen molar-refractivity contribution in [3.8, 4) is 11.7 Å². The van der Waals surface area contributed by atoms with Crippen LogP contribution in [-0.4, -0.2) is 38.9 Å². The zero-order valence-electron chi connectivity index (χ0n) is 15.1. The molecule has 156 valence electrons. The van der Waals surface area contributed by atoms with E-state index in [0.29, 0.717) is 10.9 Å². The van der Waals surface area contributed by atoms with Crippen LogP contribution in [0.1, 0.15) is 26.4 Å². The first kappa shape index (κ1) is 20.7. The lowest BCUT2D eigenvalue weighted by atomic mass is 10.1. The molecule has 3 aromatic rings. The molecule has 9 nitrogen and oxygen atoms in total. The Labute approximate surface area is 165 Å². The van der Waals surface area contributed by atoms with E-state index in [1.807, 2.05) is 0 Å². The number of alkyl halides is 3. The standard InChI is InChI=1S/C17H12F4N6O3/c1-30-13-5-4-12(25-26-13)27-14(17(19,20)21)10(7-23-27)16(29)24-8-2-3-11(18)9(6-8)15(22)28/h2-7H,1H3,(H2,22,28)(H,24,29). The van der Waals surface area contributed by atoms with Crippen LogP contribution in [-0.2, 0) is 6.18 Å². The summed E-state index contributed by atoms with van der Waals surface area (Å²) < 4.78 is 59.8. The van der Waals surface area contributed by atoms with Crippen LogP contribution >= 0.6 is 0 Å². The third-order valence-corrected chi connectivity index (χ3v) is 3.82. The number of anilines is 1. The second-order valence-corrected chi connectivity index (χ2v) is 5.76. The molecule has 13 heteroatoms. The van der Waals surface area contributed by atoms with Gasteiger partial charge in [-0.1, -0.05) is 0 Å². The number of amides is 2. The molecule has 2 heterocycles. The predicted molar refractivity (Wildman–Crippen MR) is 93.6 cm³/mol. The van der Waals surface area contributed by atoms with Gasteiger partial charge in [0.1, 0.15) is 5.82 Å². The molecule has 2 aromatic heterocycles. The fraction of sp³-hybridized carbons (Fsp3) is 0.118. The molecule has 30 heavy (non-hydrogen) atoms. The first-order valence-corrected chi connectivity index (χ1v) is 8.06. The molecule has 2 amide bonds. The Morgan fingerprint density at radius 1 is 1.13 bits per heavy atom. The van der Waals surface area contributed by atoms with E-state index in [1.165, 1.54) is 19.2 Å².